The number of carbonyl (C=O) groups excluding carboxylic acids is 2. The molecule has 1 aromatic heterocycles. The van der Waals surface area contributed by atoms with Gasteiger partial charge in [0.25, 0.3) is 5.91 Å². The van der Waals surface area contributed by atoms with Crippen LogP contribution in [0.4, 0.5) is 5.69 Å². The van der Waals surface area contributed by atoms with Crippen LogP contribution in [0.2, 0.25) is 0 Å². The highest BCUT2D eigenvalue weighted by atomic mass is 32.2. The molecule has 7 nitrogen and oxygen atoms in total. The number of nitrogens with zero attached hydrogens (tertiary/aromatic N) is 3. The Morgan fingerprint density at radius 3 is 2.26 bits per heavy atom. The molecule has 0 aliphatic carbocycles. The van der Waals surface area contributed by atoms with Crippen LogP contribution in [-0.2, 0) is 17.8 Å². The molecule has 2 N–H and O–H groups in total. The van der Waals surface area contributed by atoms with Gasteiger partial charge >= 0.3 is 0 Å². The fourth-order valence-electron chi connectivity index (χ4n) is 3.58. The fraction of sp³-hybridized carbons (Fsp3) is 0.185. The first kappa shape index (κ1) is 24.2. The van der Waals surface area contributed by atoms with Crippen molar-refractivity contribution in [1.29, 1.82) is 0 Å². The van der Waals surface area contributed by atoms with Crippen LogP contribution in [-0.4, -0.2) is 38.9 Å². The van der Waals surface area contributed by atoms with E-state index in [0.717, 1.165) is 23.4 Å². The van der Waals surface area contributed by atoms with Gasteiger partial charge in [0.2, 0.25) is 5.91 Å². The van der Waals surface area contributed by atoms with Gasteiger partial charge in [-0.3, -0.25) is 9.59 Å². The van der Waals surface area contributed by atoms with E-state index < -0.39 is 0 Å². The topological polar surface area (TPSA) is 88.9 Å². The smallest absolute Gasteiger partial charge is 0.253 e. The van der Waals surface area contributed by atoms with Gasteiger partial charge in [0, 0.05) is 6.54 Å². The molecule has 2 amide bonds. The Morgan fingerprint density at radius 2 is 1.51 bits per heavy atom. The second-order valence-corrected chi connectivity index (χ2v) is 8.92. The minimum Gasteiger partial charge on any atom is -0.352 e. The summed E-state index contributed by atoms with van der Waals surface area (Å²) in [6, 6.07) is 27.0. The zero-order chi connectivity index (χ0) is 24.5. The van der Waals surface area contributed by atoms with Gasteiger partial charge in [0.15, 0.2) is 5.16 Å². The lowest BCUT2D eigenvalue weighted by Crippen LogP contribution is -2.27. The van der Waals surface area contributed by atoms with E-state index in [4.69, 9.17) is 0 Å². The van der Waals surface area contributed by atoms with E-state index in [0.29, 0.717) is 29.5 Å². The van der Waals surface area contributed by atoms with Crippen molar-refractivity contribution in [3.8, 4) is 0 Å². The van der Waals surface area contributed by atoms with Crippen LogP contribution in [0.1, 0.15) is 27.3 Å². The van der Waals surface area contributed by atoms with E-state index in [1.165, 1.54) is 11.8 Å². The summed E-state index contributed by atoms with van der Waals surface area (Å²) in [5.74, 6) is 0.500. The van der Waals surface area contributed by atoms with Crippen molar-refractivity contribution in [3.63, 3.8) is 0 Å². The van der Waals surface area contributed by atoms with Gasteiger partial charge in [-0.1, -0.05) is 84.6 Å². The minimum absolute atomic E-state index is 0.150. The molecule has 4 aromatic rings. The van der Waals surface area contributed by atoms with Gasteiger partial charge in [-0.05, 0) is 36.6 Å². The molecule has 4 rings (SSSR count). The number of hydrogen-bond acceptors (Lipinski definition) is 5. The quantitative estimate of drug-likeness (QED) is 0.326. The normalized spacial score (nSPS) is 10.7. The first-order valence-corrected chi connectivity index (χ1v) is 12.4. The largest absolute Gasteiger partial charge is 0.352 e. The number of rotatable bonds is 10. The first-order chi connectivity index (χ1) is 17.1. The van der Waals surface area contributed by atoms with Gasteiger partial charge < -0.3 is 15.2 Å². The number of thioether (sulfide) groups is 1. The van der Waals surface area contributed by atoms with Crippen LogP contribution in [0.3, 0.4) is 0 Å². The molecule has 0 unspecified atom stereocenters. The van der Waals surface area contributed by atoms with Crippen molar-refractivity contribution in [2.75, 3.05) is 17.6 Å². The van der Waals surface area contributed by atoms with Gasteiger partial charge in [0.1, 0.15) is 5.82 Å². The summed E-state index contributed by atoms with van der Waals surface area (Å²) in [4.78, 5) is 25.5. The Kier molecular flexibility index (Phi) is 8.30. The third kappa shape index (κ3) is 6.80. The number of para-hydroxylation sites is 1. The van der Waals surface area contributed by atoms with Crippen molar-refractivity contribution in [2.45, 2.75) is 25.0 Å². The molecule has 35 heavy (non-hydrogen) atoms. The van der Waals surface area contributed by atoms with Crippen LogP contribution >= 0.6 is 11.8 Å². The highest BCUT2D eigenvalue weighted by Crippen LogP contribution is 2.20. The van der Waals surface area contributed by atoms with E-state index >= 15 is 0 Å². The maximum Gasteiger partial charge on any atom is 0.253 e. The number of carbonyl (C=O) groups is 2. The number of aromatic nitrogens is 3. The molecule has 178 valence electrons. The summed E-state index contributed by atoms with van der Waals surface area (Å²) in [5, 5.41) is 14.9. The first-order valence-electron chi connectivity index (χ1n) is 11.4. The number of benzene rings is 3. The molecule has 0 saturated carbocycles. The highest BCUT2D eigenvalue weighted by Gasteiger charge is 2.15. The molecule has 0 aliphatic heterocycles. The molecule has 0 radical (unpaired) electrons. The summed E-state index contributed by atoms with van der Waals surface area (Å²) in [6.45, 7) is 3.04. The van der Waals surface area contributed by atoms with Crippen molar-refractivity contribution >= 4 is 29.3 Å². The lowest BCUT2D eigenvalue weighted by atomic mass is 10.1. The van der Waals surface area contributed by atoms with Crippen molar-refractivity contribution in [1.82, 2.24) is 20.1 Å². The Labute approximate surface area is 209 Å². The predicted octanol–water partition coefficient (Wildman–Crippen LogP) is 4.34. The van der Waals surface area contributed by atoms with Gasteiger partial charge in [-0.2, -0.15) is 0 Å². The Morgan fingerprint density at radius 1 is 0.857 bits per heavy atom. The van der Waals surface area contributed by atoms with Crippen molar-refractivity contribution < 1.29 is 9.59 Å². The summed E-state index contributed by atoms with van der Waals surface area (Å²) in [5.41, 5.74) is 3.20. The predicted molar refractivity (Wildman–Crippen MR) is 139 cm³/mol. The summed E-state index contributed by atoms with van der Waals surface area (Å²) >= 11 is 1.32. The average molecular weight is 486 g/mol. The Hall–Kier alpha value is -3.91. The van der Waals surface area contributed by atoms with Crippen LogP contribution in [0.25, 0.3) is 0 Å². The number of hydrogen-bond donors (Lipinski definition) is 2. The minimum atomic E-state index is -0.220. The fourth-order valence-corrected chi connectivity index (χ4v) is 4.37. The maximum atomic E-state index is 12.7. The second-order valence-electron chi connectivity index (χ2n) is 7.98. The van der Waals surface area contributed by atoms with E-state index in [-0.39, 0.29) is 17.6 Å². The summed E-state index contributed by atoms with van der Waals surface area (Å²) in [7, 11) is 0. The third-order valence-electron chi connectivity index (χ3n) is 5.41. The van der Waals surface area contributed by atoms with Crippen LogP contribution in [0.5, 0.6) is 0 Å². The van der Waals surface area contributed by atoms with E-state index in [1.807, 2.05) is 72.2 Å². The highest BCUT2D eigenvalue weighted by molar-refractivity contribution is 7.99. The standard InChI is InChI=1S/C27H27N5O2S/c1-20-30-31-27(32(20)18-22-12-6-3-7-13-22)35-19-25(33)29-24-15-9-8-14-23(24)26(34)28-17-16-21-10-4-2-5-11-21/h2-15H,16-19H2,1H3,(H,28,34)(H,29,33). The number of anilines is 1. The molecule has 0 saturated heterocycles. The molecule has 0 fully saturated rings. The molecule has 3 aromatic carbocycles. The number of nitrogens with one attached hydrogen (secondary N) is 2. The summed E-state index contributed by atoms with van der Waals surface area (Å²) in [6.07, 6.45) is 0.737. The third-order valence-corrected chi connectivity index (χ3v) is 6.37. The molecule has 0 spiro atoms. The average Bonchev–Trinajstić information content (AvgIpc) is 3.23. The Balaban J connectivity index is 1.33. The molecule has 0 aliphatic rings. The van der Waals surface area contributed by atoms with E-state index in [9.17, 15) is 9.59 Å². The van der Waals surface area contributed by atoms with Crippen LogP contribution in [0.15, 0.2) is 90.1 Å². The molecule has 8 heteroatoms. The molecule has 1 heterocycles. The Bertz CT molecular complexity index is 1280. The monoisotopic (exact) mass is 485 g/mol. The maximum absolute atomic E-state index is 12.7. The number of amides is 2. The van der Waals surface area contributed by atoms with Crippen LogP contribution in [0, 0.1) is 6.92 Å². The lowest BCUT2D eigenvalue weighted by Gasteiger charge is -2.12. The second kappa shape index (κ2) is 12.0. The zero-order valence-corrected chi connectivity index (χ0v) is 20.3. The van der Waals surface area contributed by atoms with Crippen molar-refractivity contribution in [2.24, 2.45) is 0 Å². The number of aryl methyl sites for hydroxylation is 1. The van der Waals surface area contributed by atoms with E-state index in [1.54, 1.807) is 24.3 Å². The molecular weight excluding hydrogens is 458 g/mol. The SMILES string of the molecule is Cc1nnc(SCC(=O)Nc2ccccc2C(=O)NCCc2ccccc2)n1Cc1ccccc1. The van der Waals surface area contributed by atoms with E-state index in [2.05, 4.69) is 20.8 Å². The molecule has 0 atom stereocenters. The van der Waals surface area contributed by atoms with Gasteiger partial charge in [0.05, 0.1) is 23.5 Å². The van der Waals surface area contributed by atoms with Gasteiger partial charge in [-0.25, -0.2) is 0 Å². The molecular formula is C27H27N5O2S. The lowest BCUT2D eigenvalue weighted by molar-refractivity contribution is -0.113. The zero-order valence-electron chi connectivity index (χ0n) is 19.5. The molecule has 0 bridgehead atoms. The van der Waals surface area contributed by atoms with Crippen LogP contribution < -0.4 is 10.6 Å². The van der Waals surface area contributed by atoms with Crippen molar-refractivity contribution in [3.05, 3.63) is 107 Å². The van der Waals surface area contributed by atoms with Gasteiger partial charge in [-0.15, -0.1) is 10.2 Å². The summed E-state index contributed by atoms with van der Waals surface area (Å²) < 4.78 is 1.99.